The lowest BCUT2D eigenvalue weighted by Gasteiger charge is -2.23. The number of hydrogen-bond acceptors (Lipinski definition) is 10. The van der Waals surface area contributed by atoms with Crippen molar-refractivity contribution in [2.45, 2.75) is 62.3 Å². The molecule has 12 heteroatoms. The topological polar surface area (TPSA) is 111 Å². The number of unbranched alkanes of at least 4 members (excludes halogenated alkanes) is 1. The number of ether oxygens (including phenoxy) is 3. The molecule has 0 radical (unpaired) electrons. The second-order valence-electron chi connectivity index (χ2n) is 11.2. The van der Waals surface area contributed by atoms with Crippen LogP contribution in [-0.4, -0.2) is 46.3 Å². The molecule has 1 aromatic heterocycles. The molecule has 1 amide bonds. The van der Waals surface area contributed by atoms with Crippen LogP contribution in [0.15, 0.2) is 70.6 Å². The molecule has 0 aliphatic carbocycles. The Morgan fingerprint density at radius 2 is 1.87 bits per heavy atom. The Labute approximate surface area is 286 Å². The van der Waals surface area contributed by atoms with Crippen LogP contribution in [0, 0.1) is 0 Å². The van der Waals surface area contributed by atoms with Gasteiger partial charge in [0.15, 0.2) is 15.8 Å². The molecule has 244 valence electrons. The highest BCUT2D eigenvalue weighted by Gasteiger charge is 2.48. The summed E-state index contributed by atoms with van der Waals surface area (Å²) in [5.74, 6) is 0.499. The average molecular weight is 692 g/mol. The molecule has 2 atom stereocenters. The van der Waals surface area contributed by atoms with E-state index in [0.717, 1.165) is 29.7 Å². The van der Waals surface area contributed by atoms with Crippen molar-refractivity contribution in [3.63, 3.8) is 0 Å². The highest BCUT2D eigenvalue weighted by atomic mass is 35.5. The van der Waals surface area contributed by atoms with Crippen molar-refractivity contribution >= 4 is 57.3 Å². The van der Waals surface area contributed by atoms with E-state index < -0.39 is 17.7 Å². The summed E-state index contributed by atoms with van der Waals surface area (Å²) in [4.78, 5) is 29.0. The number of rotatable bonds is 12. The highest BCUT2D eigenvalue weighted by molar-refractivity contribution is 8.00. The maximum absolute atomic E-state index is 13.8. The van der Waals surface area contributed by atoms with Gasteiger partial charge in [0.2, 0.25) is 5.13 Å². The number of ketones is 1. The van der Waals surface area contributed by atoms with Gasteiger partial charge in [-0.25, -0.2) is 0 Å². The maximum atomic E-state index is 13.8. The SMILES string of the molecule is CCCCOc1ccc([C@@H]2C(=C(O)c3ccc4c(c3)C[C@H](C)O4)C(=O)C(=O)N2c2nnc(SCc3ccc(Cl)cc3)s2)cc1OCC. The third-order valence-electron chi connectivity index (χ3n) is 7.83. The van der Waals surface area contributed by atoms with E-state index >= 15 is 0 Å². The zero-order chi connectivity index (χ0) is 33.1. The van der Waals surface area contributed by atoms with Crippen molar-refractivity contribution < 1.29 is 28.9 Å². The molecule has 1 saturated heterocycles. The zero-order valence-corrected chi connectivity index (χ0v) is 28.6. The van der Waals surface area contributed by atoms with Crippen LogP contribution in [0.5, 0.6) is 17.2 Å². The van der Waals surface area contributed by atoms with Crippen molar-refractivity contribution in [2.24, 2.45) is 0 Å². The first-order valence-electron chi connectivity index (χ1n) is 15.5. The van der Waals surface area contributed by atoms with Crippen LogP contribution in [-0.2, 0) is 21.8 Å². The van der Waals surface area contributed by atoms with E-state index in [4.69, 9.17) is 25.8 Å². The lowest BCUT2D eigenvalue weighted by atomic mass is 9.94. The second-order valence-corrected chi connectivity index (χ2v) is 13.8. The summed E-state index contributed by atoms with van der Waals surface area (Å²) in [6.07, 6.45) is 2.54. The Bertz CT molecular complexity index is 1830. The summed E-state index contributed by atoms with van der Waals surface area (Å²) in [5.41, 5.74) is 2.90. The zero-order valence-electron chi connectivity index (χ0n) is 26.2. The van der Waals surface area contributed by atoms with E-state index in [-0.39, 0.29) is 22.6 Å². The van der Waals surface area contributed by atoms with Gasteiger partial charge in [0, 0.05) is 22.8 Å². The van der Waals surface area contributed by atoms with Gasteiger partial charge in [0.05, 0.1) is 24.8 Å². The van der Waals surface area contributed by atoms with Gasteiger partial charge in [-0.05, 0) is 79.4 Å². The van der Waals surface area contributed by atoms with Crippen LogP contribution in [0.4, 0.5) is 5.13 Å². The van der Waals surface area contributed by atoms with E-state index in [2.05, 4.69) is 17.1 Å². The molecule has 1 fully saturated rings. The Balaban J connectivity index is 1.41. The number of benzene rings is 3. The number of carbonyl (C=O) groups excluding carboxylic acids is 2. The lowest BCUT2D eigenvalue weighted by Crippen LogP contribution is -2.29. The van der Waals surface area contributed by atoms with Crippen molar-refractivity contribution in [1.82, 2.24) is 10.2 Å². The van der Waals surface area contributed by atoms with Crippen LogP contribution in [0.2, 0.25) is 5.02 Å². The molecule has 0 bridgehead atoms. The smallest absolute Gasteiger partial charge is 0.301 e. The second kappa shape index (κ2) is 14.4. The standard InChI is InChI=1S/C35H34ClN3O6S2/c1-4-6-15-44-27-14-9-22(18-28(27)43-5-2)30-29(31(40)23-10-13-26-24(17-23)16-20(3)45-26)32(41)33(42)39(30)34-37-38-35(47-34)46-19-21-7-11-25(36)12-8-21/h7-14,17-18,20,30,40H,4-6,15-16,19H2,1-3H3/t20-,30+/m0/s1. The van der Waals surface area contributed by atoms with Gasteiger partial charge >= 0.3 is 5.91 Å². The average Bonchev–Trinajstić information content (AvgIpc) is 3.76. The number of hydrogen-bond donors (Lipinski definition) is 1. The van der Waals surface area contributed by atoms with E-state index in [1.165, 1.54) is 28.0 Å². The number of fused-ring (bicyclic) bond motifs is 1. The fourth-order valence-corrected chi connectivity index (χ4v) is 7.51. The number of halogens is 1. The summed E-state index contributed by atoms with van der Waals surface area (Å²) < 4.78 is 18.4. The number of carbonyl (C=O) groups is 2. The molecule has 0 spiro atoms. The molecule has 4 aromatic rings. The molecule has 3 heterocycles. The Morgan fingerprint density at radius 3 is 2.64 bits per heavy atom. The Kier molecular flexibility index (Phi) is 10.0. The first-order chi connectivity index (χ1) is 22.8. The van der Waals surface area contributed by atoms with Crippen LogP contribution < -0.4 is 19.1 Å². The van der Waals surface area contributed by atoms with E-state index in [1.807, 2.05) is 44.2 Å². The molecule has 0 unspecified atom stereocenters. The lowest BCUT2D eigenvalue weighted by molar-refractivity contribution is -0.132. The van der Waals surface area contributed by atoms with E-state index in [0.29, 0.717) is 57.4 Å². The first kappa shape index (κ1) is 32.9. The third-order valence-corrected chi connectivity index (χ3v) is 10.2. The molecular weight excluding hydrogens is 658 g/mol. The molecule has 6 rings (SSSR count). The van der Waals surface area contributed by atoms with E-state index in [1.54, 1.807) is 30.3 Å². The third kappa shape index (κ3) is 6.97. The molecule has 0 saturated carbocycles. The van der Waals surface area contributed by atoms with Crippen molar-refractivity contribution in [3.05, 3.63) is 93.5 Å². The van der Waals surface area contributed by atoms with Crippen LogP contribution >= 0.6 is 34.7 Å². The van der Waals surface area contributed by atoms with Crippen molar-refractivity contribution in [3.8, 4) is 17.2 Å². The first-order valence-corrected chi connectivity index (χ1v) is 17.7. The van der Waals surface area contributed by atoms with Gasteiger partial charge < -0.3 is 19.3 Å². The van der Waals surface area contributed by atoms with Gasteiger partial charge in [0.1, 0.15) is 17.6 Å². The number of thioether (sulfide) groups is 1. The van der Waals surface area contributed by atoms with Crippen LogP contribution in [0.25, 0.3) is 5.76 Å². The summed E-state index contributed by atoms with van der Waals surface area (Å²) in [6.45, 7) is 6.84. The molecule has 3 aromatic carbocycles. The molecule has 2 aliphatic rings. The van der Waals surface area contributed by atoms with Gasteiger partial charge in [-0.2, -0.15) is 0 Å². The van der Waals surface area contributed by atoms with Gasteiger partial charge in [0.25, 0.3) is 5.78 Å². The van der Waals surface area contributed by atoms with Crippen LogP contribution in [0.3, 0.4) is 0 Å². The normalized spacial score (nSPS) is 18.3. The predicted molar refractivity (Wildman–Crippen MR) is 184 cm³/mol. The molecule has 2 aliphatic heterocycles. The minimum Gasteiger partial charge on any atom is -0.507 e. The number of aromatic nitrogens is 2. The summed E-state index contributed by atoms with van der Waals surface area (Å²) in [6, 6.07) is 17.1. The Morgan fingerprint density at radius 1 is 1.06 bits per heavy atom. The molecular formula is C35H34ClN3O6S2. The molecule has 1 N–H and O–H groups in total. The summed E-state index contributed by atoms with van der Waals surface area (Å²) in [5, 5.41) is 21.3. The minimum atomic E-state index is -0.996. The van der Waals surface area contributed by atoms with Gasteiger partial charge in [-0.1, -0.05) is 66.2 Å². The number of nitrogens with zero attached hydrogens (tertiary/aromatic N) is 3. The van der Waals surface area contributed by atoms with E-state index in [9.17, 15) is 14.7 Å². The predicted octanol–water partition coefficient (Wildman–Crippen LogP) is 8.01. The summed E-state index contributed by atoms with van der Waals surface area (Å²) >= 11 is 8.70. The molecule has 9 nitrogen and oxygen atoms in total. The monoisotopic (exact) mass is 691 g/mol. The molecule has 47 heavy (non-hydrogen) atoms. The Hall–Kier alpha value is -4.06. The van der Waals surface area contributed by atoms with Gasteiger partial charge in [-0.3, -0.25) is 14.5 Å². The fraction of sp³-hybridized carbons (Fsp3) is 0.314. The van der Waals surface area contributed by atoms with Crippen molar-refractivity contribution in [1.29, 1.82) is 0 Å². The number of aliphatic hydroxyl groups is 1. The number of Topliss-reactive ketones (excluding diaryl/α,β-unsaturated/α-hetero) is 1. The number of anilines is 1. The fourth-order valence-electron chi connectivity index (χ4n) is 5.56. The quantitative estimate of drug-likeness (QED) is 0.0394. The number of aliphatic hydroxyl groups excluding tert-OH is 1. The number of amides is 1. The van der Waals surface area contributed by atoms with Crippen LogP contribution in [0.1, 0.15) is 61.9 Å². The highest BCUT2D eigenvalue weighted by Crippen LogP contribution is 2.46. The van der Waals surface area contributed by atoms with Gasteiger partial charge in [-0.15, -0.1) is 10.2 Å². The summed E-state index contributed by atoms with van der Waals surface area (Å²) in [7, 11) is 0. The maximum Gasteiger partial charge on any atom is 0.301 e. The van der Waals surface area contributed by atoms with Crippen molar-refractivity contribution in [2.75, 3.05) is 18.1 Å². The minimum absolute atomic E-state index is 0.00665. The largest absolute Gasteiger partial charge is 0.507 e.